The fourth-order valence-electron chi connectivity index (χ4n) is 3.56. The summed E-state index contributed by atoms with van der Waals surface area (Å²) in [5.41, 5.74) is 6.98. The summed E-state index contributed by atoms with van der Waals surface area (Å²) in [4.78, 5) is 14.9. The van der Waals surface area contributed by atoms with Gasteiger partial charge in [-0.1, -0.05) is 24.3 Å². The summed E-state index contributed by atoms with van der Waals surface area (Å²) in [6.07, 6.45) is 5.39. The Balaban J connectivity index is 0.00000196. The largest absolute Gasteiger partial charge is 0.497 e. The van der Waals surface area contributed by atoms with E-state index in [0.29, 0.717) is 6.42 Å². The van der Waals surface area contributed by atoms with Crippen LogP contribution in [0, 0.1) is 5.92 Å². The van der Waals surface area contributed by atoms with Gasteiger partial charge in [-0.05, 0) is 30.0 Å². The number of nitrogens with two attached hydrogens (primary N) is 1. The minimum atomic E-state index is -0.0504. The SMILES string of the molecule is COc1ccc(C(CN2CCOCC2)NC(=O)C[C@H]2C=C[C@@H](N)C2)cc1.Cl.Cl. The van der Waals surface area contributed by atoms with E-state index in [1.807, 2.05) is 30.3 Å². The molecule has 0 bridgehead atoms. The van der Waals surface area contributed by atoms with E-state index in [4.69, 9.17) is 15.2 Å². The first-order valence-corrected chi connectivity index (χ1v) is 9.31. The third-order valence-corrected chi connectivity index (χ3v) is 5.05. The van der Waals surface area contributed by atoms with E-state index >= 15 is 0 Å². The number of methoxy groups -OCH3 is 1. The quantitative estimate of drug-likeness (QED) is 0.647. The predicted molar refractivity (Wildman–Crippen MR) is 115 cm³/mol. The molecule has 0 spiro atoms. The molecule has 0 radical (unpaired) electrons. The Hall–Kier alpha value is -1.31. The van der Waals surface area contributed by atoms with Crippen LogP contribution in [0.2, 0.25) is 0 Å². The van der Waals surface area contributed by atoms with Crippen LogP contribution >= 0.6 is 24.8 Å². The topological polar surface area (TPSA) is 76.8 Å². The number of ether oxygens (including phenoxy) is 2. The van der Waals surface area contributed by atoms with E-state index in [1.54, 1.807) is 7.11 Å². The van der Waals surface area contributed by atoms with Gasteiger partial charge in [0.25, 0.3) is 0 Å². The normalized spacial score (nSPS) is 22.6. The lowest BCUT2D eigenvalue weighted by Gasteiger charge is -2.31. The van der Waals surface area contributed by atoms with Gasteiger partial charge in [0.1, 0.15) is 5.75 Å². The van der Waals surface area contributed by atoms with Crippen molar-refractivity contribution in [2.24, 2.45) is 11.7 Å². The molecule has 1 aliphatic heterocycles. The summed E-state index contributed by atoms with van der Waals surface area (Å²) in [7, 11) is 1.65. The molecule has 8 heteroatoms. The molecule has 158 valence electrons. The number of amides is 1. The van der Waals surface area contributed by atoms with E-state index in [0.717, 1.165) is 50.6 Å². The Morgan fingerprint density at radius 3 is 2.50 bits per heavy atom. The van der Waals surface area contributed by atoms with Gasteiger partial charge < -0.3 is 20.5 Å². The average Bonchev–Trinajstić information content (AvgIpc) is 3.06. The number of hydrogen-bond acceptors (Lipinski definition) is 5. The van der Waals surface area contributed by atoms with Crippen LogP contribution in [0.15, 0.2) is 36.4 Å². The number of morpholine rings is 1. The van der Waals surface area contributed by atoms with Crippen molar-refractivity contribution in [1.29, 1.82) is 0 Å². The number of hydrogen-bond donors (Lipinski definition) is 2. The van der Waals surface area contributed by atoms with Gasteiger partial charge >= 0.3 is 0 Å². The van der Waals surface area contributed by atoms with Crippen molar-refractivity contribution >= 4 is 30.7 Å². The first-order chi connectivity index (χ1) is 12.6. The van der Waals surface area contributed by atoms with E-state index in [2.05, 4.69) is 16.3 Å². The Morgan fingerprint density at radius 2 is 1.93 bits per heavy atom. The molecule has 3 atom stereocenters. The second kappa shape index (κ2) is 12.3. The van der Waals surface area contributed by atoms with Gasteiger partial charge in [-0.15, -0.1) is 24.8 Å². The number of carbonyl (C=O) groups is 1. The lowest BCUT2D eigenvalue weighted by Crippen LogP contribution is -2.43. The number of rotatable bonds is 7. The minimum absolute atomic E-state index is 0. The zero-order valence-corrected chi connectivity index (χ0v) is 17.8. The minimum Gasteiger partial charge on any atom is -0.497 e. The van der Waals surface area contributed by atoms with Crippen LogP contribution in [0.25, 0.3) is 0 Å². The van der Waals surface area contributed by atoms with Crippen molar-refractivity contribution in [1.82, 2.24) is 10.2 Å². The number of nitrogens with one attached hydrogen (secondary N) is 1. The highest BCUT2D eigenvalue weighted by Crippen LogP contribution is 2.22. The maximum Gasteiger partial charge on any atom is 0.221 e. The average molecular weight is 432 g/mol. The molecule has 1 aromatic rings. The van der Waals surface area contributed by atoms with Crippen LogP contribution in [0.4, 0.5) is 0 Å². The van der Waals surface area contributed by atoms with Crippen LogP contribution < -0.4 is 15.8 Å². The summed E-state index contributed by atoms with van der Waals surface area (Å²) < 4.78 is 10.7. The maximum absolute atomic E-state index is 12.6. The molecule has 1 aromatic carbocycles. The fraction of sp³-hybridized carbons (Fsp3) is 0.550. The molecule has 2 aliphatic rings. The molecule has 0 aromatic heterocycles. The van der Waals surface area contributed by atoms with Crippen molar-refractivity contribution in [3.05, 3.63) is 42.0 Å². The fourth-order valence-corrected chi connectivity index (χ4v) is 3.56. The number of allylic oxidation sites excluding steroid dienone is 1. The van der Waals surface area contributed by atoms with E-state index < -0.39 is 0 Å². The molecule has 1 aliphatic carbocycles. The van der Waals surface area contributed by atoms with Gasteiger partial charge in [0.15, 0.2) is 0 Å². The summed E-state index contributed by atoms with van der Waals surface area (Å²) in [5, 5.41) is 3.22. The van der Waals surface area contributed by atoms with Crippen LogP contribution in [0.1, 0.15) is 24.4 Å². The highest BCUT2D eigenvalue weighted by molar-refractivity contribution is 5.85. The zero-order valence-electron chi connectivity index (χ0n) is 16.2. The predicted octanol–water partition coefficient (Wildman–Crippen LogP) is 2.32. The van der Waals surface area contributed by atoms with Gasteiger partial charge in [-0.2, -0.15) is 0 Å². The molecule has 1 amide bonds. The summed E-state index contributed by atoms with van der Waals surface area (Å²) >= 11 is 0. The molecule has 3 N–H and O–H groups in total. The van der Waals surface area contributed by atoms with Crippen molar-refractivity contribution in [2.45, 2.75) is 24.9 Å². The number of carbonyl (C=O) groups excluding carboxylic acids is 1. The lowest BCUT2D eigenvalue weighted by atomic mass is 10.0. The molecule has 6 nitrogen and oxygen atoms in total. The third-order valence-electron chi connectivity index (χ3n) is 5.05. The number of benzene rings is 1. The van der Waals surface area contributed by atoms with Gasteiger partial charge in [0.05, 0.1) is 26.4 Å². The van der Waals surface area contributed by atoms with Crippen LogP contribution in [-0.4, -0.2) is 56.8 Å². The van der Waals surface area contributed by atoms with Crippen LogP contribution in [0.5, 0.6) is 5.75 Å². The summed E-state index contributed by atoms with van der Waals surface area (Å²) in [6, 6.07) is 7.95. The lowest BCUT2D eigenvalue weighted by molar-refractivity contribution is -0.122. The van der Waals surface area contributed by atoms with Crippen molar-refractivity contribution in [3.63, 3.8) is 0 Å². The van der Waals surface area contributed by atoms with Gasteiger partial charge in [-0.3, -0.25) is 9.69 Å². The Labute approximate surface area is 179 Å². The molecule has 1 saturated heterocycles. The van der Waals surface area contributed by atoms with Gasteiger partial charge in [-0.25, -0.2) is 0 Å². The summed E-state index contributed by atoms with van der Waals surface area (Å²) in [6.45, 7) is 4.05. The van der Waals surface area contributed by atoms with E-state index in [9.17, 15) is 4.79 Å². The Morgan fingerprint density at radius 1 is 1.25 bits per heavy atom. The van der Waals surface area contributed by atoms with Crippen molar-refractivity contribution in [3.8, 4) is 5.75 Å². The van der Waals surface area contributed by atoms with Crippen molar-refractivity contribution in [2.75, 3.05) is 40.0 Å². The first kappa shape index (κ1) is 24.7. The van der Waals surface area contributed by atoms with E-state index in [-0.39, 0.29) is 48.7 Å². The second-order valence-electron chi connectivity index (χ2n) is 7.05. The first-order valence-electron chi connectivity index (χ1n) is 9.31. The molecule has 3 rings (SSSR count). The van der Waals surface area contributed by atoms with E-state index in [1.165, 1.54) is 0 Å². The van der Waals surface area contributed by atoms with Crippen molar-refractivity contribution < 1.29 is 14.3 Å². The summed E-state index contributed by atoms with van der Waals surface area (Å²) in [5.74, 6) is 1.13. The van der Waals surface area contributed by atoms with Crippen LogP contribution in [-0.2, 0) is 9.53 Å². The maximum atomic E-state index is 12.6. The standard InChI is InChI=1S/C20H29N3O3.2ClH/c1-25-18-6-3-16(4-7-18)19(14-23-8-10-26-11-9-23)22-20(24)13-15-2-5-17(21)12-15;;/h2-7,15,17,19H,8-14,21H2,1H3,(H,22,24);2*1H/t15-,17+,19?;;/m0../s1. The Kier molecular flexibility index (Phi) is 10.9. The third kappa shape index (κ3) is 7.26. The monoisotopic (exact) mass is 431 g/mol. The highest BCUT2D eigenvalue weighted by Gasteiger charge is 2.23. The Bertz CT molecular complexity index is 622. The molecule has 28 heavy (non-hydrogen) atoms. The molecular weight excluding hydrogens is 401 g/mol. The zero-order chi connectivity index (χ0) is 18.4. The number of halogens is 2. The molecule has 0 saturated carbocycles. The van der Waals surface area contributed by atoms with Gasteiger partial charge in [0, 0.05) is 32.1 Å². The smallest absolute Gasteiger partial charge is 0.221 e. The molecule has 1 unspecified atom stereocenters. The van der Waals surface area contributed by atoms with Crippen LogP contribution in [0.3, 0.4) is 0 Å². The molecule has 1 fully saturated rings. The number of nitrogens with zero attached hydrogens (tertiary/aromatic N) is 1. The highest BCUT2D eigenvalue weighted by atomic mass is 35.5. The second-order valence-corrected chi connectivity index (χ2v) is 7.05. The molecular formula is C20H31Cl2N3O3. The molecule has 1 heterocycles. The van der Waals surface area contributed by atoms with Gasteiger partial charge in [0.2, 0.25) is 5.91 Å².